The van der Waals surface area contributed by atoms with Gasteiger partial charge >= 0.3 is 6.09 Å². The number of alkyl carbamates (subject to hydrolysis) is 1. The van der Waals surface area contributed by atoms with E-state index in [0.717, 1.165) is 12.3 Å². The molecule has 3 nitrogen and oxygen atoms in total. The summed E-state index contributed by atoms with van der Waals surface area (Å²) in [6.45, 7) is 0. The number of ether oxygens (including phenoxy) is 1. The molecule has 1 aliphatic carbocycles. The Kier molecular flexibility index (Phi) is 3.22. The van der Waals surface area contributed by atoms with Crippen LogP contribution in [0.5, 0.6) is 0 Å². The molecule has 18 heavy (non-hydrogen) atoms. The fourth-order valence-electron chi connectivity index (χ4n) is 2.36. The van der Waals surface area contributed by atoms with Gasteiger partial charge in [-0.25, -0.2) is 4.79 Å². The van der Waals surface area contributed by atoms with Gasteiger partial charge in [0.05, 0.1) is 6.04 Å². The summed E-state index contributed by atoms with van der Waals surface area (Å²) in [6.07, 6.45) is 8.16. The summed E-state index contributed by atoms with van der Waals surface area (Å²) >= 11 is 0. The summed E-state index contributed by atoms with van der Waals surface area (Å²) in [5.74, 6) is 1.05. The highest BCUT2D eigenvalue weighted by atomic mass is 16.6. The summed E-state index contributed by atoms with van der Waals surface area (Å²) in [4.78, 5) is 11.4. The molecule has 2 aliphatic rings. The van der Waals surface area contributed by atoms with Crippen molar-refractivity contribution in [2.75, 3.05) is 0 Å². The summed E-state index contributed by atoms with van der Waals surface area (Å²) in [6, 6.07) is 10.1. The fraction of sp³-hybridized carbons (Fsp3) is 0.200. The van der Waals surface area contributed by atoms with Crippen LogP contribution >= 0.6 is 0 Å². The van der Waals surface area contributed by atoms with Crippen molar-refractivity contribution >= 4 is 6.09 Å². The van der Waals surface area contributed by atoms with E-state index in [9.17, 15) is 4.79 Å². The smallest absolute Gasteiger partial charge is 0.407 e. The van der Waals surface area contributed by atoms with Gasteiger partial charge in [0.15, 0.2) is 0 Å². The lowest BCUT2D eigenvalue weighted by atomic mass is 9.91. The first kappa shape index (κ1) is 11.6. The van der Waals surface area contributed by atoms with Crippen molar-refractivity contribution in [3.8, 4) is 0 Å². The van der Waals surface area contributed by atoms with Gasteiger partial charge in [-0.2, -0.15) is 0 Å². The van der Waals surface area contributed by atoms with E-state index in [1.54, 1.807) is 0 Å². The lowest BCUT2D eigenvalue weighted by Gasteiger charge is -2.21. The van der Waals surface area contributed by atoms with E-state index in [2.05, 4.69) is 17.4 Å². The standard InChI is InChI=1S/C15H14NO2/c17-15-16-13(10-11-6-2-1-3-7-11)14(18-15)12-8-4-5-9-12/h1-9,13-14H,10H2,(H,16,17)/t13-,14+/m1/s1. The molecule has 0 spiro atoms. The maximum absolute atomic E-state index is 11.4. The van der Waals surface area contributed by atoms with Gasteiger partial charge in [-0.3, -0.25) is 0 Å². The SMILES string of the molecule is O=C1N[C@H](Cc2ccccc2)[C@H]([C]2[CH][CH][CH][CH]2)O1. The predicted octanol–water partition coefficient (Wildman–Crippen LogP) is 2.11. The van der Waals surface area contributed by atoms with Crippen LogP contribution in [0.1, 0.15) is 5.56 Å². The fourth-order valence-corrected chi connectivity index (χ4v) is 2.36. The summed E-state index contributed by atoms with van der Waals surface area (Å²) < 4.78 is 5.34. The Bertz CT molecular complexity index is 412. The Balaban J connectivity index is 1.71. The van der Waals surface area contributed by atoms with Gasteiger partial charge in [0.1, 0.15) is 6.10 Å². The number of hydrogen-bond donors (Lipinski definition) is 1. The zero-order valence-electron chi connectivity index (χ0n) is 9.87. The topological polar surface area (TPSA) is 38.3 Å². The van der Waals surface area contributed by atoms with Crippen LogP contribution in [0, 0.1) is 31.6 Å². The first-order chi connectivity index (χ1) is 8.83. The van der Waals surface area contributed by atoms with Gasteiger partial charge in [0.2, 0.25) is 0 Å². The average Bonchev–Trinajstić information content (AvgIpc) is 3.00. The quantitative estimate of drug-likeness (QED) is 0.878. The highest BCUT2D eigenvalue weighted by molar-refractivity contribution is 5.71. The van der Waals surface area contributed by atoms with Crippen LogP contribution < -0.4 is 5.32 Å². The number of benzene rings is 1. The van der Waals surface area contributed by atoms with E-state index >= 15 is 0 Å². The lowest BCUT2D eigenvalue weighted by molar-refractivity contribution is 0.142. The minimum atomic E-state index is -0.331. The monoisotopic (exact) mass is 240 g/mol. The lowest BCUT2D eigenvalue weighted by Crippen LogP contribution is -2.36. The number of cyclic esters (lactones) is 1. The zero-order valence-corrected chi connectivity index (χ0v) is 9.87. The van der Waals surface area contributed by atoms with E-state index in [1.807, 2.05) is 43.9 Å². The normalized spacial score (nSPS) is 28.1. The van der Waals surface area contributed by atoms with E-state index in [4.69, 9.17) is 4.74 Å². The minimum Gasteiger partial charge on any atom is -0.443 e. The first-order valence-corrected chi connectivity index (χ1v) is 6.05. The molecule has 91 valence electrons. The summed E-state index contributed by atoms with van der Waals surface area (Å²) in [5, 5.41) is 2.88. The van der Waals surface area contributed by atoms with Crippen LogP contribution in [0.2, 0.25) is 0 Å². The highest BCUT2D eigenvalue weighted by Crippen LogP contribution is 2.32. The molecular weight excluding hydrogens is 226 g/mol. The second-order valence-electron chi connectivity index (χ2n) is 4.48. The molecule has 1 aromatic carbocycles. The highest BCUT2D eigenvalue weighted by Gasteiger charge is 2.41. The molecule has 2 fully saturated rings. The van der Waals surface area contributed by atoms with Gasteiger partial charge in [0, 0.05) is 5.92 Å². The van der Waals surface area contributed by atoms with E-state index in [0.29, 0.717) is 0 Å². The molecule has 3 rings (SSSR count). The maximum atomic E-state index is 11.4. The number of rotatable bonds is 3. The Labute approximate surface area is 108 Å². The molecule has 1 amide bonds. The van der Waals surface area contributed by atoms with Crippen LogP contribution in [-0.4, -0.2) is 18.2 Å². The Morgan fingerprint density at radius 1 is 1.11 bits per heavy atom. The van der Waals surface area contributed by atoms with Gasteiger partial charge in [-0.05, 0) is 37.7 Å². The third-order valence-electron chi connectivity index (χ3n) is 3.22. The van der Waals surface area contributed by atoms with Crippen LogP contribution in [0.3, 0.4) is 0 Å². The van der Waals surface area contributed by atoms with Gasteiger partial charge in [-0.15, -0.1) is 0 Å². The van der Waals surface area contributed by atoms with Crippen molar-refractivity contribution in [1.82, 2.24) is 5.32 Å². The molecule has 3 heteroatoms. The van der Waals surface area contributed by atoms with Crippen LogP contribution in [0.4, 0.5) is 4.79 Å². The predicted molar refractivity (Wildman–Crippen MR) is 67.8 cm³/mol. The van der Waals surface area contributed by atoms with E-state index < -0.39 is 0 Å². The molecule has 2 atom stereocenters. The average molecular weight is 240 g/mol. The van der Waals surface area contributed by atoms with Crippen molar-refractivity contribution in [2.45, 2.75) is 18.6 Å². The molecule has 5 radical (unpaired) electrons. The largest absolute Gasteiger partial charge is 0.443 e. The van der Waals surface area contributed by atoms with E-state index in [-0.39, 0.29) is 18.2 Å². The number of hydrogen-bond acceptors (Lipinski definition) is 2. The molecular formula is C15H14NO2. The van der Waals surface area contributed by atoms with Gasteiger partial charge in [0.25, 0.3) is 0 Å². The Morgan fingerprint density at radius 2 is 1.83 bits per heavy atom. The Morgan fingerprint density at radius 3 is 2.56 bits per heavy atom. The molecule has 0 bridgehead atoms. The van der Waals surface area contributed by atoms with Gasteiger partial charge < -0.3 is 10.1 Å². The first-order valence-electron chi connectivity index (χ1n) is 6.05. The molecule has 0 unspecified atom stereocenters. The van der Waals surface area contributed by atoms with Gasteiger partial charge in [-0.1, -0.05) is 30.3 Å². The zero-order chi connectivity index (χ0) is 12.4. The third kappa shape index (κ3) is 2.35. The van der Waals surface area contributed by atoms with Crippen LogP contribution in [0.15, 0.2) is 30.3 Å². The summed E-state index contributed by atoms with van der Waals surface area (Å²) in [7, 11) is 0. The van der Waals surface area contributed by atoms with Crippen LogP contribution in [0.25, 0.3) is 0 Å². The van der Waals surface area contributed by atoms with Crippen molar-refractivity contribution < 1.29 is 9.53 Å². The van der Waals surface area contributed by atoms with E-state index in [1.165, 1.54) is 5.56 Å². The second-order valence-corrected chi connectivity index (χ2v) is 4.48. The minimum absolute atomic E-state index is 0.00213. The summed E-state index contributed by atoms with van der Waals surface area (Å²) in [5.41, 5.74) is 1.20. The second kappa shape index (κ2) is 5.01. The molecule has 1 heterocycles. The van der Waals surface area contributed by atoms with Crippen molar-refractivity contribution in [3.63, 3.8) is 0 Å². The molecule has 1 N–H and O–H groups in total. The molecule has 1 saturated heterocycles. The number of carbonyl (C=O) groups excluding carboxylic acids is 1. The van der Waals surface area contributed by atoms with Crippen molar-refractivity contribution in [3.05, 3.63) is 67.5 Å². The van der Waals surface area contributed by atoms with Crippen molar-refractivity contribution in [2.24, 2.45) is 0 Å². The Hall–Kier alpha value is -1.51. The molecule has 1 saturated carbocycles. The number of carbonyl (C=O) groups is 1. The van der Waals surface area contributed by atoms with Crippen LogP contribution in [-0.2, 0) is 11.2 Å². The third-order valence-corrected chi connectivity index (χ3v) is 3.22. The van der Waals surface area contributed by atoms with Crippen molar-refractivity contribution in [1.29, 1.82) is 0 Å². The maximum Gasteiger partial charge on any atom is 0.407 e. The molecule has 1 aromatic rings. The number of nitrogens with one attached hydrogen (secondary N) is 1. The number of amides is 1. The molecule has 0 aromatic heterocycles. The molecule has 1 aliphatic heterocycles.